The molecule has 2 aromatic heterocycles. The highest BCUT2D eigenvalue weighted by Crippen LogP contribution is 2.30. The molecule has 0 unspecified atom stereocenters. The van der Waals surface area contributed by atoms with Crippen LogP contribution < -0.4 is 20.3 Å². The number of hydrogen-bond acceptors (Lipinski definition) is 7. The molecule has 0 aliphatic heterocycles. The van der Waals surface area contributed by atoms with E-state index in [9.17, 15) is 28.7 Å². The third-order valence-corrected chi connectivity index (χ3v) is 6.37. The van der Waals surface area contributed by atoms with Crippen LogP contribution in [0.2, 0.25) is 0 Å². The number of nitrogens with zero attached hydrogens (tertiary/aromatic N) is 2. The largest absolute Gasteiger partial charge is 0.480 e. The number of aliphatic carboxylic acids is 1. The molecule has 0 aliphatic carbocycles. The fourth-order valence-electron chi connectivity index (χ4n) is 4.41. The van der Waals surface area contributed by atoms with Gasteiger partial charge in [0, 0.05) is 42.8 Å². The number of nitrogens with one attached hydrogen (secondary N) is 3. The van der Waals surface area contributed by atoms with Crippen molar-refractivity contribution in [2.45, 2.75) is 52.2 Å². The molecule has 12 nitrogen and oxygen atoms in total. The van der Waals surface area contributed by atoms with Gasteiger partial charge in [-0.1, -0.05) is 12.1 Å². The molecule has 240 valence electrons. The smallest absolute Gasteiger partial charge is 0.326 e. The summed E-state index contributed by atoms with van der Waals surface area (Å²) >= 11 is 0. The Morgan fingerprint density at radius 3 is 2.43 bits per heavy atom. The predicted molar refractivity (Wildman–Crippen MR) is 169 cm³/mol. The Bertz CT molecular complexity index is 1720. The van der Waals surface area contributed by atoms with E-state index >= 15 is 0 Å². The molecule has 2 heterocycles. The minimum atomic E-state index is -1.49. The van der Waals surface area contributed by atoms with Crippen LogP contribution in [0.1, 0.15) is 49.5 Å². The second kappa shape index (κ2) is 14.4. The number of aromatic amines is 1. The number of amides is 3. The van der Waals surface area contributed by atoms with Crippen molar-refractivity contribution in [1.82, 2.24) is 9.97 Å². The first-order chi connectivity index (χ1) is 21.8. The molecule has 4 N–H and O–H groups in total. The SMILES string of the molecule is Cc1cccc(NC(=O)Nc2ccc(Oc3ccnc(N(C(=O)c4cc[nH]c4)[C@@H](CCC(=O)OC(C)(C)C)C(=O)O)c3)cc2F)c1. The molecule has 13 heteroatoms. The minimum Gasteiger partial charge on any atom is -0.480 e. The van der Waals surface area contributed by atoms with Crippen LogP contribution >= 0.6 is 0 Å². The number of ether oxygens (including phenoxy) is 2. The summed E-state index contributed by atoms with van der Waals surface area (Å²) in [6, 6.07) is 13.1. The number of urea groups is 1. The highest BCUT2D eigenvalue weighted by atomic mass is 19.1. The van der Waals surface area contributed by atoms with E-state index in [0.29, 0.717) is 5.69 Å². The number of rotatable bonds is 11. The zero-order valence-electron chi connectivity index (χ0n) is 25.7. The standard InChI is InChI=1S/C33H34FN5O7/c1-20-6-5-7-22(16-20)37-32(44)38-26-9-8-23(17-25(26)34)45-24-13-15-36-28(18-24)39(30(41)21-12-14-35-19-21)27(31(42)43)10-11-29(40)46-33(2,3)4/h5-9,12-19,27,35H,10-11H2,1-4H3,(H,42,43)(H2,37,38,44)/t27-/m0/s1. The van der Waals surface area contributed by atoms with Crippen LogP contribution in [0.4, 0.5) is 26.4 Å². The molecule has 2 aromatic carbocycles. The average Bonchev–Trinajstić information content (AvgIpc) is 3.51. The molecule has 0 saturated heterocycles. The molecule has 0 radical (unpaired) electrons. The molecule has 4 aromatic rings. The molecular formula is C33H34FN5O7. The molecule has 4 rings (SSSR count). The Morgan fingerprint density at radius 1 is 1.02 bits per heavy atom. The number of anilines is 3. The number of carbonyl (C=O) groups is 4. The second-order valence-corrected chi connectivity index (χ2v) is 11.3. The first kappa shape index (κ1) is 33.2. The van der Waals surface area contributed by atoms with E-state index in [2.05, 4.69) is 20.6 Å². The molecule has 1 atom stereocenters. The van der Waals surface area contributed by atoms with Crippen molar-refractivity contribution in [3.05, 3.63) is 96.2 Å². The van der Waals surface area contributed by atoms with E-state index in [-0.39, 0.29) is 41.4 Å². The molecule has 0 saturated carbocycles. The van der Waals surface area contributed by atoms with Gasteiger partial charge in [0.25, 0.3) is 5.91 Å². The summed E-state index contributed by atoms with van der Waals surface area (Å²) in [7, 11) is 0. The van der Waals surface area contributed by atoms with Crippen LogP contribution in [0, 0.1) is 12.7 Å². The molecule has 0 spiro atoms. The molecule has 46 heavy (non-hydrogen) atoms. The van der Waals surface area contributed by atoms with Crippen molar-refractivity contribution in [3.63, 3.8) is 0 Å². The number of benzene rings is 2. The first-order valence-electron chi connectivity index (χ1n) is 14.3. The van der Waals surface area contributed by atoms with Gasteiger partial charge >= 0.3 is 18.0 Å². The van der Waals surface area contributed by atoms with E-state index in [1.54, 1.807) is 39.0 Å². The van der Waals surface area contributed by atoms with Crippen molar-refractivity contribution in [1.29, 1.82) is 0 Å². The maximum absolute atomic E-state index is 14.9. The van der Waals surface area contributed by atoms with Crippen LogP contribution in [0.25, 0.3) is 0 Å². The van der Waals surface area contributed by atoms with Gasteiger partial charge in [-0.05, 0) is 76.1 Å². The Hall–Kier alpha value is -5.72. The normalized spacial score (nSPS) is 11.7. The molecule has 0 aliphatic rings. The van der Waals surface area contributed by atoms with Crippen LogP contribution in [0.3, 0.4) is 0 Å². The number of carbonyl (C=O) groups excluding carboxylic acids is 3. The Kier molecular flexibility index (Phi) is 10.4. The van der Waals surface area contributed by atoms with E-state index in [1.165, 1.54) is 48.9 Å². The molecular weight excluding hydrogens is 597 g/mol. The van der Waals surface area contributed by atoms with Gasteiger partial charge in [0.05, 0.1) is 11.3 Å². The van der Waals surface area contributed by atoms with Gasteiger partial charge in [-0.15, -0.1) is 0 Å². The Morgan fingerprint density at radius 2 is 1.78 bits per heavy atom. The van der Waals surface area contributed by atoms with Gasteiger partial charge in [0.15, 0.2) is 0 Å². The summed E-state index contributed by atoms with van der Waals surface area (Å²) in [6.45, 7) is 6.95. The lowest BCUT2D eigenvalue weighted by atomic mass is 10.1. The topological polar surface area (TPSA) is 163 Å². The fraction of sp³-hybridized carbons (Fsp3) is 0.242. The summed E-state index contributed by atoms with van der Waals surface area (Å²) in [5.41, 5.74) is 0.788. The van der Waals surface area contributed by atoms with Gasteiger partial charge in [-0.25, -0.2) is 19.0 Å². The highest BCUT2D eigenvalue weighted by Gasteiger charge is 2.34. The first-order valence-corrected chi connectivity index (χ1v) is 14.3. The van der Waals surface area contributed by atoms with Gasteiger partial charge in [-0.2, -0.15) is 0 Å². The minimum absolute atomic E-state index is 0.0579. The Labute approximate surface area is 264 Å². The summed E-state index contributed by atoms with van der Waals surface area (Å²) in [5.74, 6) is -3.35. The average molecular weight is 632 g/mol. The predicted octanol–water partition coefficient (Wildman–Crippen LogP) is 6.52. The van der Waals surface area contributed by atoms with Crippen LogP contribution in [-0.4, -0.2) is 50.6 Å². The lowest BCUT2D eigenvalue weighted by molar-refractivity contribution is -0.155. The van der Waals surface area contributed by atoms with Crippen molar-refractivity contribution in [2.75, 3.05) is 15.5 Å². The lowest BCUT2D eigenvalue weighted by Gasteiger charge is -2.28. The summed E-state index contributed by atoms with van der Waals surface area (Å²) in [6.07, 6.45) is 3.68. The summed E-state index contributed by atoms with van der Waals surface area (Å²) in [4.78, 5) is 58.7. The number of H-pyrrole nitrogens is 1. The van der Waals surface area contributed by atoms with E-state index in [0.717, 1.165) is 16.5 Å². The van der Waals surface area contributed by atoms with Crippen LogP contribution in [0.5, 0.6) is 11.5 Å². The van der Waals surface area contributed by atoms with Crippen LogP contribution in [-0.2, 0) is 14.3 Å². The van der Waals surface area contributed by atoms with Gasteiger partial charge in [0.2, 0.25) is 0 Å². The number of esters is 1. The molecule has 3 amide bonds. The Balaban J connectivity index is 1.54. The van der Waals surface area contributed by atoms with Gasteiger partial charge in [-0.3, -0.25) is 14.5 Å². The maximum Gasteiger partial charge on any atom is 0.326 e. The van der Waals surface area contributed by atoms with Gasteiger partial charge in [0.1, 0.15) is 34.8 Å². The van der Waals surface area contributed by atoms with Crippen LogP contribution in [0.15, 0.2) is 79.3 Å². The third-order valence-electron chi connectivity index (χ3n) is 6.37. The van der Waals surface area contributed by atoms with Crippen molar-refractivity contribution in [2.24, 2.45) is 0 Å². The zero-order chi connectivity index (χ0) is 33.4. The van der Waals surface area contributed by atoms with E-state index in [1.807, 2.05) is 13.0 Å². The number of pyridine rings is 1. The number of halogens is 1. The van der Waals surface area contributed by atoms with Crippen molar-refractivity contribution in [3.8, 4) is 11.5 Å². The number of carboxylic acid groups (broad SMARTS) is 1. The maximum atomic E-state index is 14.9. The third kappa shape index (κ3) is 9.14. The highest BCUT2D eigenvalue weighted by molar-refractivity contribution is 6.08. The zero-order valence-corrected chi connectivity index (χ0v) is 25.7. The quantitative estimate of drug-likeness (QED) is 0.136. The summed E-state index contributed by atoms with van der Waals surface area (Å²) in [5, 5.41) is 15.2. The second-order valence-electron chi connectivity index (χ2n) is 11.3. The number of aryl methyl sites for hydroxylation is 1. The monoisotopic (exact) mass is 631 g/mol. The fourth-order valence-corrected chi connectivity index (χ4v) is 4.41. The van der Waals surface area contributed by atoms with E-state index < -0.39 is 41.3 Å². The number of carboxylic acids is 1. The van der Waals surface area contributed by atoms with E-state index in [4.69, 9.17) is 9.47 Å². The summed E-state index contributed by atoms with van der Waals surface area (Å²) < 4.78 is 26.1. The van der Waals surface area contributed by atoms with Crippen molar-refractivity contribution >= 4 is 41.1 Å². The number of hydrogen-bond donors (Lipinski definition) is 4. The van der Waals surface area contributed by atoms with Gasteiger partial charge < -0.3 is 30.2 Å². The van der Waals surface area contributed by atoms with Crippen molar-refractivity contribution < 1.29 is 38.1 Å². The number of aromatic nitrogens is 2. The molecule has 0 bridgehead atoms. The lowest BCUT2D eigenvalue weighted by Crippen LogP contribution is -2.46. The molecule has 0 fully saturated rings.